The molecule has 2 atom stereocenters. The van der Waals surface area contributed by atoms with Crippen molar-refractivity contribution in [2.45, 2.75) is 39.3 Å². The normalized spacial score (nSPS) is 13.2. The molecule has 2 aromatic rings. The number of carbonyl (C=O) groups is 1. The van der Waals surface area contributed by atoms with E-state index < -0.39 is 5.91 Å². The van der Waals surface area contributed by atoms with Crippen LogP contribution in [0.2, 0.25) is 0 Å². The van der Waals surface area contributed by atoms with Crippen molar-refractivity contribution in [3.63, 3.8) is 0 Å². The maximum atomic E-state index is 12.6. The van der Waals surface area contributed by atoms with Gasteiger partial charge in [-0.15, -0.1) is 0 Å². The highest BCUT2D eigenvalue weighted by atomic mass is 127. The van der Waals surface area contributed by atoms with Gasteiger partial charge >= 0.3 is 0 Å². The lowest BCUT2D eigenvalue weighted by Crippen LogP contribution is -2.27. The highest BCUT2D eigenvalue weighted by molar-refractivity contribution is 14.1. The standard InChI is InChI=1S/C23H25IN2O3/c1-5-15(2)29-22-20(24)12-17(13-21(22)28-4)11-19(14-25)23(27)26-16(3)18-9-7-6-8-10-18/h6-13,15-16H,5H2,1-4H3,(H,26,27)/b19-11-/t15-,16+/m1/s1. The number of rotatable bonds is 8. The van der Waals surface area contributed by atoms with E-state index in [4.69, 9.17) is 9.47 Å². The van der Waals surface area contributed by atoms with E-state index in [9.17, 15) is 10.1 Å². The summed E-state index contributed by atoms with van der Waals surface area (Å²) < 4.78 is 12.3. The molecular weight excluding hydrogens is 479 g/mol. The Labute approximate surface area is 185 Å². The van der Waals surface area contributed by atoms with E-state index in [1.54, 1.807) is 19.3 Å². The third-order valence-electron chi connectivity index (χ3n) is 4.47. The molecule has 152 valence electrons. The third kappa shape index (κ3) is 6.23. The van der Waals surface area contributed by atoms with Gasteiger partial charge in [0, 0.05) is 0 Å². The Morgan fingerprint density at radius 1 is 1.28 bits per heavy atom. The Hall–Kier alpha value is -2.53. The van der Waals surface area contributed by atoms with Crippen LogP contribution in [0.1, 0.15) is 44.4 Å². The molecule has 0 saturated carbocycles. The molecule has 1 amide bonds. The number of hydrogen-bond donors (Lipinski definition) is 1. The van der Waals surface area contributed by atoms with Crippen molar-refractivity contribution < 1.29 is 14.3 Å². The molecule has 0 heterocycles. The third-order valence-corrected chi connectivity index (χ3v) is 5.27. The smallest absolute Gasteiger partial charge is 0.262 e. The Morgan fingerprint density at radius 2 is 1.97 bits per heavy atom. The van der Waals surface area contributed by atoms with Crippen LogP contribution in [0.5, 0.6) is 11.5 Å². The summed E-state index contributed by atoms with van der Waals surface area (Å²) >= 11 is 2.17. The van der Waals surface area contributed by atoms with Crippen molar-refractivity contribution in [3.05, 3.63) is 62.7 Å². The summed E-state index contributed by atoms with van der Waals surface area (Å²) in [5.74, 6) is 0.817. The average molecular weight is 504 g/mol. The zero-order chi connectivity index (χ0) is 21.4. The second kappa shape index (κ2) is 10.9. The van der Waals surface area contributed by atoms with Gasteiger partial charge in [0.1, 0.15) is 11.6 Å². The Morgan fingerprint density at radius 3 is 2.55 bits per heavy atom. The Balaban J connectivity index is 2.26. The molecule has 0 bridgehead atoms. The number of methoxy groups -OCH3 is 1. The summed E-state index contributed by atoms with van der Waals surface area (Å²) in [6, 6.07) is 15.0. The largest absolute Gasteiger partial charge is 0.493 e. The van der Waals surface area contributed by atoms with E-state index in [1.165, 1.54) is 0 Å². The minimum atomic E-state index is -0.419. The highest BCUT2D eigenvalue weighted by Crippen LogP contribution is 2.35. The summed E-state index contributed by atoms with van der Waals surface area (Å²) in [6.45, 7) is 5.93. The fraction of sp³-hybridized carbons (Fsp3) is 0.304. The van der Waals surface area contributed by atoms with Gasteiger partial charge in [-0.05, 0) is 72.2 Å². The molecule has 0 aliphatic heterocycles. The minimum absolute atomic E-state index is 0.0289. The first-order valence-electron chi connectivity index (χ1n) is 9.41. The van der Waals surface area contributed by atoms with Crippen LogP contribution in [-0.2, 0) is 4.79 Å². The van der Waals surface area contributed by atoms with E-state index in [-0.39, 0.29) is 17.7 Å². The Kier molecular flexibility index (Phi) is 8.52. The van der Waals surface area contributed by atoms with Gasteiger partial charge in [-0.2, -0.15) is 5.26 Å². The second-order valence-electron chi connectivity index (χ2n) is 6.65. The lowest BCUT2D eigenvalue weighted by Gasteiger charge is -2.18. The molecule has 0 aromatic heterocycles. The first kappa shape index (κ1) is 22.8. The molecule has 0 saturated heterocycles. The van der Waals surface area contributed by atoms with Crippen LogP contribution >= 0.6 is 22.6 Å². The van der Waals surface area contributed by atoms with Crippen molar-refractivity contribution in [1.82, 2.24) is 5.32 Å². The molecule has 0 fully saturated rings. The zero-order valence-electron chi connectivity index (χ0n) is 17.0. The molecule has 29 heavy (non-hydrogen) atoms. The predicted molar refractivity (Wildman–Crippen MR) is 123 cm³/mol. The number of halogens is 1. The molecule has 1 N–H and O–H groups in total. The number of benzene rings is 2. The van der Waals surface area contributed by atoms with Crippen molar-refractivity contribution in [2.24, 2.45) is 0 Å². The number of hydrogen-bond acceptors (Lipinski definition) is 4. The van der Waals surface area contributed by atoms with Gasteiger partial charge in [0.25, 0.3) is 5.91 Å². The van der Waals surface area contributed by atoms with Crippen LogP contribution in [0.25, 0.3) is 6.08 Å². The van der Waals surface area contributed by atoms with Crippen LogP contribution in [-0.4, -0.2) is 19.1 Å². The SMILES string of the molecule is CC[C@@H](C)Oc1c(I)cc(/C=C(/C#N)C(=O)N[C@@H](C)c2ccccc2)cc1OC. The van der Waals surface area contributed by atoms with Crippen LogP contribution < -0.4 is 14.8 Å². The molecule has 0 radical (unpaired) electrons. The summed E-state index contributed by atoms with van der Waals surface area (Å²) in [7, 11) is 1.57. The highest BCUT2D eigenvalue weighted by Gasteiger charge is 2.16. The quantitative estimate of drug-likeness (QED) is 0.303. The molecule has 0 spiro atoms. The number of nitriles is 1. The van der Waals surface area contributed by atoms with Gasteiger partial charge in [0.15, 0.2) is 11.5 Å². The van der Waals surface area contributed by atoms with Crippen molar-refractivity contribution in [2.75, 3.05) is 7.11 Å². The van der Waals surface area contributed by atoms with Crippen LogP contribution in [0.15, 0.2) is 48.0 Å². The maximum Gasteiger partial charge on any atom is 0.262 e. The van der Waals surface area contributed by atoms with Gasteiger partial charge in [-0.1, -0.05) is 37.3 Å². The fourth-order valence-corrected chi connectivity index (χ4v) is 3.39. The van der Waals surface area contributed by atoms with E-state index in [2.05, 4.69) is 34.8 Å². The number of nitrogens with zero attached hydrogens (tertiary/aromatic N) is 1. The van der Waals surface area contributed by atoms with Gasteiger partial charge in [-0.3, -0.25) is 4.79 Å². The van der Waals surface area contributed by atoms with Crippen LogP contribution in [0.4, 0.5) is 0 Å². The minimum Gasteiger partial charge on any atom is -0.493 e. The van der Waals surface area contributed by atoms with Gasteiger partial charge in [0.2, 0.25) is 0 Å². The number of carbonyl (C=O) groups excluding carboxylic acids is 1. The summed E-state index contributed by atoms with van der Waals surface area (Å²) in [4.78, 5) is 12.6. The zero-order valence-corrected chi connectivity index (χ0v) is 19.2. The number of ether oxygens (including phenoxy) is 2. The predicted octanol–water partition coefficient (Wildman–Crippen LogP) is 5.26. The topological polar surface area (TPSA) is 71.3 Å². The lowest BCUT2D eigenvalue weighted by molar-refractivity contribution is -0.117. The van der Waals surface area contributed by atoms with Crippen LogP contribution in [0, 0.1) is 14.9 Å². The van der Waals surface area contributed by atoms with Crippen LogP contribution in [0.3, 0.4) is 0 Å². The lowest BCUT2D eigenvalue weighted by atomic mass is 10.1. The van der Waals surface area contributed by atoms with Gasteiger partial charge in [0.05, 0.1) is 22.8 Å². The van der Waals surface area contributed by atoms with E-state index in [0.29, 0.717) is 17.1 Å². The van der Waals surface area contributed by atoms with Crippen molar-refractivity contribution in [3.8, 4) is 17.6 Å². The first-order chi connectivity index (χ1) is 13.9. The maximum absolute atomic E-state index is 12.6. The number of amides is 1. The monoisotopic (exact) mass is 504 g/mol. The molecular formula is C23H25IN2O3. The molecule has 6 heteroatoms. The van der Waals surface area contributed by atoms with Crippen molar-refractivity contribution in [1.29, 1.82) is 5.26 Å². The first-order valence-corrected chi connectivity index (χ1v) is 10.5. The van der Waals surface area contributed by atoms with Gasteiger partial charge < -0.3 is 14.8 Å². The molecule has 0 unspecified atom stereocenters. The second-order valence-corrected chi connectivity index (χ2v) is 7.81. The van der Waals surface area contributed by atoms with Crippen molar-refractivity contribution >= 4 is 34.6 Å². The fourth-order valence-electron chi connectivity index (χ4n) is 2.64. The molecule has 2 rings (SSSR count). The van der Waals surface area contributed by atoms with E-state index >= 15 is 0 Å². The molecule has 0 aliphatic rings. The van der Waals surface area contributed by atoms with E-state index in [1.807, 2.05) is 56.3 Å². The molecule has 2 aromatic carbocycles. The Bertz CT molecular complexity index is 920. The van der Waals surface area contributed by atoms with Gasteiger partial charge in [-0.25, -0.2) is 0 Å². The number of nitrogens with one attached hydrogen (secondary N) is 1. The van der Waals surface area contributed by atoms with E-state index in [0.717, 1.165) is 15.6 Å². The molecule has 5 nitrogen and oxygen atoms in total. The summed E-state index contributed by atoms with van der Waals surface area (Å²) in [6.07, 6.45) is 2.49. The summed E-state index contributed by atoms with van der Waals surface area (Å²) in [5, 5.41) is 12.4. The average Bonchev–Trinajstić information content (AvgIpc) is 2.73. The molecule has 0 aliphatic carbocycles. The summed E-state index contributed by atoms with van der Waals surface area (Å²) in [5.41, 5.74) is 1.70.